The zero-order valence-electron chi connectivity index (χ0n) is 4.62. The molecule has 0 heterocycles. The first-order valence-electron chi connectivity index (χ1n) is 1.15. The first kappa shape index (κ1) is 24.2. The Balaban J connectivity index is -0.0000000257. The summed E-state index contributed by atoms with van der Waals surface area (Å²) in [5, 5.41) is 23.7. The van der Waals surface area contributed by atoms with Crippen LogP contribution in [-0.4, -0.2) is 15.6 Å². The molecule has 62 valence electrons. The van der Waals surface area contributed by atoms with Gasteiger partial charge in [-0.05, 0) is 0 Å². The lowest BCUT2D eigenvalue weighted by molar-refractivity contribution is 0.312. The molecule has 0 aromatic carbocycles. The van der Waals surface area contributed by atoms with Crippen LogP contribution in [0.3, 0.4) is 0 Å². The van der Waals surface area contributed by atoms with Gasteiger partial charge < -0.3 is 21.8 Å². The fourth-order valence-corrected chi connectivity index (χ4v) is 0. The van der Waals surface area contributed by atoms with Gasteiger partial charge in [-0.25, -0.2) is 0 Å². The van der Waals surface area contributed by atoms with E-state index in [1.54, 1.807) is 0 Å². The molecular weight excluding hydrogens is 152 g/mol. The minimum Gasteiger partial charge on any atom is -0.379 e. The Kier molecular flexibility index (Phi) is 488. The van der Waals surface area contributed by atoms with Crippen LogP contribution in [0.5, 0.6) is 0 Å². The largest absolute Gasteiger partial charge is 0.379 e. The van der Waals surface area contributed by atoms with Crippen LogP contribution >= 0.6 is 0 Å². The maximum Gasteiger partial charge on any atom is 0.152 e. The van der Waals surface area contributed by atoms with E-state index in [4.69, 9.17) is 30.3 Å². The average Bonchev–Trinajstić information content (AvgIpc) is 1.70. The van der Waals surface area contributed by atoms with Crippen molar-refractivity contribution in [2.45, 2.75) is 0 Å². The summed E-state index contributed by atoms with van der Waals surface area (Å²) < 4.78 is 0. The second kappa shape index (κ2) is 202. The van der Waals surface area contributed by atoms with Crippen LogP contribution in [-0.2, 0) is 0 Å². The molecule has 0 fully saturated rings. The second-order valence-electron chi connectivity index (χ2n) is 0.245. The lowest BCUT2D eigenvalue weighted by atomic mass is 13.4. The molecule has 0 unspecified atom stereocenters. The van der Waals surface area contributed by atoms with Gasteiger partial charge in [0.15, 0.2) is 16.0 Å². The summed E-state index contributed by atoms with van der Waals surface area (Å²) in [6.45, 7) is 0. The summed E-state index contributed by atoms with van der Waals surface area (Å²) >= 11 is 0. The maximum absolute atomic E-state index is 8.11. The smallest absolute Gasteiger partial charge is 0.152 e. The van der Waals surface area contributed by atoms with Gasteiger partial charge >= 0.3 is 0 Å². The Morgan fingerprint density at radius 3 is 0.700 bits per heavy atom. The molecule has 0 bridgehead atoms. The molecule has 0 aromatic heterocycles. The van der Waals surface area contributed by atoms with Gasteiger partial charge in [0.2, 0.25) is 0 Å². The summed E-state index contributed by atoms with van der Waals surface area (Å²) in [4.78, 5) is 24.3. The zero-order valence-corrected chi connectivity index (χ0v) is 4.62. The average molecular weight is 158 g/mol. The Bertz CT molecular complexity index is 46.5. The Morgan fingerprint density at radius 1 is 0.700 bits per heavy atom. The van der Waals surface area contributed by atoms with Crippen LogP contribution in [0.25, 0.3) is 0 Å². The molecule has 0 amide bonds. The van der Waals surface area contributed by atoms with Gasteiger partial charge in [0.25, 0.3) is 0 Å². The molecular formula is H6N4O6. The van der Waals surface area contributed by atoms with Crippen LogP contribution in [0, 0.1) is 14.7 Å². The van der Waals surface area contributed by atoms with Gasteiger partial charge in [0.1, 0.15) is 0 Å². The third-order valence-electron chi connectivity index (χ3n) is 0. The van der Waals surface area contributed by atoms with E-state index in [2.05, 4.69) is 0 Å². The molecule has 0 aliphatic heterocycles. The summed E-state index contributed by atoms with van der Waals surface area (Å²) in [7, 11) is 0. The second-order valence-corrected chi connectivity index (χ2v) is 0.245. The standard InChI is InChI=1S/3HNO2.H3N/c3*2-1-3;/h3*(H,2,3);1H3. The molecule has 10 heteroatoms. The van der Waals surface area contributed by atoms with Crippen molar-refractivity contribution in [1.29, 1.82) is 0 Å². The van der Waals surface area contributed by atoms with Crippen molar-refractivity contribution in [2.24, 2.45) is 16.0 Å². The third kappa shape index (κ3) is 48.4. The molecule has 0 aromatic rings. The Morgan fingerprint density at radius 2 is 0.700 bits per heavy atom. The molecule has 6 N–H and O–H groups in total. The predicted molar refractivity (Wildman–Crippen MR) is 27.8 cm³/mol. The number of nitrogens with zero attached hydrogens (tertiary/aromatic N) is 3. The SMILES string of the molecule is N.O=NO.O=NO.O=NO. The van der Waals surface area contributed by atoms with E-state index < -0.39 is 0 Å². The van der Waals surface area contributed by atoms with E-state index in [9.17, 15) is 0 Å². The quantitative estimate of drug-likeness (QED) is 0.293. The van der Waals surface area contributed by atoms with E-state index in [1.165, 1.54) is 16.0 Å². The first-order valence-corrected chi connectivity index (χ1v) is 1.15. The van der Waals surface area contributed by atoms with Gasteiger partial charge in [0.05, 0.1) is 0 Å². The number of rotatable bonds is 0. The van der Waals surface area contributed by atoms with Gasteiger partial charge in [0, 0.05) is 0 Å². The summed E-state index contributed by atoms with van der Waals surface area (Å²) in [6, 6.07) is 0. The van der Waals surface area contributed by atoms with Gasteiger partial charge in [-0.1, -0.05) is 0 Å². The molecule has 0 atom stereocenters. The van der Waals surface area contributed by atoms with E-state index in [-0.39, 0.29) is 6.15 Å². The fourth-order valence-electron chi connectivity index (χ4n) is 0. The van der Waals surface area contributed by atoms with Crippen molar-refractivity contribution < 1.29 is 15.6 Å². The lowest BCUT2D eigenvalue weighted by Gasteiger charge is -1.32. The Labute approximate surface area is 53.9 Å². The van der Waals surface area contributed by atoms with E-state index in [1.807, 2.05) is 0 Å². The highest BCUT2D eigenvalue weighted by Gasteiger charge is 1.19. The van der Waals surface area contributed by atoms with E-state index in [0.29, 0.717) is 0 Å². The maximum atomic E-state index is 8.11. The summed E-state index contributed by atoms with van der Waals surface area (Å²) in [6.07, 6.45) is 0. The zero-order chi connectivity index (χ0) is 8.12. The van der Waals surface area contributed by atoms with Crippen molar-refractivity contribution in [3.8, 4) is 0 Å². The fraction of sp³-hybridized carbons (Fsp3) is 0. The van der Waals surface area contributed by atoms with Crippen molar-refractivity contribution in [1.82, 2.24) is 6.15 Å². The van der Waals surface area contributed by atoms with Crippen molar-refractivity contribution in [3.63, 3.8) is 0 Å². The number of hydrogen-bond acceptors (Lipinski definition) is 7. The van der Waals surface area contributed by atoms with Gasteiger partial charge in [-0.3, -0.25) is 0 Å². The molecule has 0 saturated heterocycles. The molecule has 0 rings (SSSR count). The highest BCUT2D eigenvalue weighted by Crippen LogP contribution is 1.25. The summed E-state index contributed by atoms with van der Waals surface area (Å²) in [5.41, 5.74) is 0. The molecule has 0 spiro atoms. The highest BCUT2D eigenvalue weighted by molar-refractivity contribution is 3.84. The minimum atomic E-state index is 0. The van der Waals surface area contributed by atoms with Crippen molar-refractivity contribution in [3.05, 3.63) is 14.7 Å². The monoisotopic (exact) mass is 158 g/mol. The third-order valence-corrected chi connectivity index (χ3v) is 0. The van der Waals surface area contributed by atoms with E-state index in [0.717, 1.165) is 0 Å². The number of hydrogen-bond donors (Lipinski definition) is 4. The molecule has 10 heavy (non-hydrogen) atoms. The van der Waals surface area contributed by atoms with Crippen LogP contribution < -0.4 is 6.15 Å². The van der Waals surface area contributed by atoms with Crippen molar-refractivity contribution >= 4 is 0 Å². The topological polar surface area (TPSA) is 184 Å². The van der Waals surface area contributed by atoms with Gasteiger partial charge in [-0.2, -0.15) is 0 Å². The molecule has 0 aliphatic carbocycles. The van der Waals surface area contributed by atoms with E-state index >= 15 is 0 Å². The van der Waals surface area contributed by atoms with Crippen LogP contribution in [0.1, 0.15) is 0 Å². The molecule has 0 saturated carbocycles. The first-order chi connectivity index (χ1) is 4.24. The van der Waals surface area contributed by atoms with Gasteiger partial charge in [-0.15, -0.1) is 14.7 Å². The normalized spacial score (nSPS) is 3.60. The van der Waals surface area contributed by atoms with Crippen LogP contribution in [0.15, 0.2) is 16.0 Å². The molecule has 10 nitrogen and oxygen atoms in total. The molecule has 0 aliphatic rings. The summed E-state index contributed by atoms with van der Waals surface area (Å²) in [5.74, 6) is 0. The minimum absolute atomic E-state index is 0. The lowest BCUT2D eigenvalue weighted by Crippen LogP contribution is -1.25. The van der Waals surface area contributed by atoms with Crippen molar-refractivity contribution in [2.75, 3.05) is 0 Å². The Hall–Kier alpha value is -1.84. The molecule has 0 radical (unpaired) electrons. The highest BCUT2D eigenvalue weighted by atomic mass is 16.6. The predicted octanol–water partition coefficient (Wildman–Crippen LogP) is 0.588. The van der Waals surface area contributed by atoms with Crippen LogP contribution in [0.2, 0.25) is 0 Å². The van der Waals surface area contributed by atoms with Crippen LogP contribution in [0.4, 0.5) is 0 Å².